The monoisotopic (exact) mass is 425 g/mol. The van der Waals surface area contributed by atoms with Crippen molar-refractivity contribution in [2.24, 2.45) is 5.92 Å². The summed E-state index contributed by atoms with van der Waals surface area (Å²) in [7, 11) is 0. The van der Waals surface area contributed by atoms with Crippen LogP contribution in [0, 0.1) is 17.2 Å². The van der Waals surface area contributed by atoms with Gasteiger partial charge >= 0.3 is 6.11 Å². The van der Waals surface area contributed by atoms with Crippen LogP contribution in [-0.4, -0.2) is 6.61 Å². The summed E-state index contributed by atoms with van der Waals surface area (Å²) in [4.78, 5) is 0. The first kappa shape index (κ1) is 23.4. The van der Waals surface area contributed by atoms with Gasteiger partial charge in [-0.1, -0.05) is 69.0 Å². The van der Waals surface area contributed by atoms with Crippen LogP contribution in [0.3, 0.4) is 0 Å². The van der Waals surface area contributed by atoms with Gasteiger partial charge in [0, 0.05) is 0 Å². The summed E-state index contributed by atoms with van der Waals surface area (Å²) < 4.78 is 33.9. The minimum absolute atomic E-state index is 0.0807. The second kappa shape index (κ2) is 11.4. The van der Waals surface area contributed by atoms with Gasteiger partial charge in [0.15, 0.2) is 0 Å². The molecule has 0 unspecified atom stereocenters. The number of ether oxygens (including phenoxy) is 1. The fraction of sp³-hybridized carbons (Fsp3) is 0.519. The van der Waals surface area contributed by atoms with E-state index >= 15 is 0 Å². The lowest BCUT2D eigenvalue weighted by atomic mass is 9.77. The molecule has 0 bridgehead atoms. The van der Waals surface area contributed by atoms with Gasteiger partial charge in [-0.15, -0.1) is 0 Å². The van der Waals surface area contributed by atoms with Crippen molar-refractivity contribution in [3.8, 4) is 6.07 Å². The third kappa shape index (κ3) is 6.87. The number of hydrogen-bond donors (Lipinski definition) is 0. The molecule has 2 nitrogen and oxygen atoms in total. The molecular formula is C27H33F2NO. The molecule has 2 aromatic rings. The average Bonchev–Trinajstić information content (AvgIpc) is 2.80. The molecule has 0 radical (unpaired) electrons. The number of nitriles is 1. The highest BCUT2D eigenvalue weighted by Crippen LogP contribution is 2.38. The Hall–Kier alpha value is -2.25. The molecule has 1 aliphatic rings. The maximum absolute atomic E-state index is 14.5. The first-order valence-electron chi connectivity index (χ1n) is 11.6. The van der Waals surface area contributed by atoms with Crippen molar-refractivity contribution in [2.45, 2.75) is 76.7 Å². The van der Waals surface area contributed by atoms with Crippen molar-refractivity contribution in [1.82, 2.24) is 0 Å². The van der Waals surface area contributed by atoms with E-state index < -0.39 is 6.11 Å². The van der Waals surface area contributed by atoms with Gasteiger partial charge in [0.1, 0.15) is 0 Å². The van der Waals surface area contributed by atoms with Crippen LogP contribution in [0.4, 0.5) is 8.78 Å². The third-order valence-electron chi connectivity index (χ3n) is 6.54. The van der Waals surface area contributed by atoms with E-state index in [-0.39, 0.29) is 12.2 Å². The van der Waals surface area contributed by atoms with Crippen LogP contribution in [0.15, 0.2) is 48.5 Å². The van der Waals surface area contributed by atoms with E-state index in [0.29, 0.717) is 17.9 Å². The highest BCUT2D eigenvalue weighted by Gasteiger charge is 2.33. The van der Waals surface area contributed by atoms with Crippen LogP contribution in [-0.2, 0) is 17.3 Å². The molecule has 0 atom stereocenters. The topological polar surface area (TPSA) is 33.0 Å². The van der Waals surface area contributed by atoms with E-state index in [1.807, 2.05) is 18.2 Å². The zero-order valence-corrected chi connectivity index (χ0v) is 18.5. The third-order valence-corrected chi connectivity index (χ3v) is 6.54. The number of benzene rings is 2. The lowest BCUT2D eigenvalue weighted by Gasteiger charge is -2.29. The van der Waals surface area contributed by atoms with Gasteiger partial charge in [-0.2, -0.15) is 14.0 Å². The zero-order valence-electron chi connectivity index (χ0n) is 18.5. The quantitative estimate of drug-likeness (QED) is 0.365. The summed E-state index contributed by atoms with van der Waals surface area (Å²) in [6, 6.07) is 15.7. The Balaban J connectivity index is 1.47. The minimum Gasteiger partial charge on any atom is -0.316 e. The van der Waals surface area contributed by atoms with Crippen molar-refractivity contribution in [3.05, 3.63) is 70.8 Å². The van der Waals surface area contributed by atoms with E-state index in [4.69, 9.17) is 10.00 Å². The lowest BCUT2D eigenvalue weighted by molar-refractivity contribution is -0.248. The van der Waals surface area contributed by atoms with Crippen molar-refractivity contribution in [2.75, 3.05) is 6.61 Å². The van der Waals surface area contributed by atoms with E-state index in [9.17, 15) is 8.78 Å². The van der Waals surface area contributed by atoms with Gasteiger partial charge in [-0.05, 0) is 67.2 Å². The fourth-order valence-electron chi connectivity index (χ4n) is 4.54. The molecule has 0 amide bonds. The van der Waals surface area contributed by atoms with Crippen molar-refractivity contribution in [3.63, 3.8) is 0 Å². The Bertz CT molecular complexity index is 831. The summed E-state index contributed by atoms with van der Waals surface area (Å²) in [6.07, 6.45) is 7.17. The Morgan fingerprint density at radius 3 is 2.26 bits per heavy atom. The molecule has 0 aromatic heterocycles. The molecule has 1 fully saturated rings. The predicted octanol–water partition coefficient (Wildman–Crippen LogP) is 7.72. The Labute approximate surface area is 185 Å². The first-order valence-corrected chi connectivity index (χ1v) is 11.6. The molecule has 166 valence electrons. The highest BCUT2D eigenvalue weighted by atomic mass is 19.3. The number of halogens is 2. The molecule has 4 heteroatoms. The van der Waals surface area contributed by atoms with E-state index in [1.165, 1.54) is 56.2 Å². The van der Waals surface area contributed by atoms with Gasteiger partial charge in [0.2, 0.25) is 0 Å². The average molecular weight is 426 g/mol. The summed E-state index contributed by atoms with van der Waals surface area (Å²) in [6.45, 7) is 2.16. The number of rotatable bonds is 10. The number of nitrogens with zero attached hydrogens (tertiary/aromatic N) is 1. The lowest BCUT2D eigenvalue weighted by Crippen LogP contribution is -2.20. The minimum atomic E-state index is -3.30. The summed E-state index contributed by atoms with van der Waals surface area (Å²) in [5.74, 6) is 1.33. The number of hydrogen-bond acceptors (Lipinski definition) is 2. The highest BCUT2D eigenvalue weighted by molar-refractivity contribution is 5.31. The van der Waals surface area contributed by atoms with Crippen LogP contribution in [0.1, 0.15) is 86.5 Å². The second-order valence-electron chi connectivity index (χ2n) is 8.76. The molecule has 0 aliphatic heterocycles. The predicted molar refractivity (Wildman–Crippen MR) is 120 cm³/mol. The first-order chi connectivity index (χ1) is 15.0. The Kier molecular flexibility index (Phi) is 8.60. The molecule has 31 heavy (non-hydrogen) atoms. The largest absolute Gasteiger partial charge is 0.383 e. The standard InChI is InChI=1S/C27H33F2NO/c1-2-3-4-5-21-10-12-24(13-11-21)25-14-16-26(17-15-25)27(28,29)31-19-18-22-6-8-23(20-30)9-7-22/h6-9,14-17,21,24H,2-5,10-13,18-19H2,1H3. The molecule has 0 N–H and O–H groups in total. The molecule has 0 saturated heterocycles. The van der Waals surface area contributed by atoms with Crippen LogP contribution in [0.2, 0.25) is 0 Å². The molecule has 2 aromatic carbocycles. The molecule has 3 rings (SSSR count). The molecule has 0 heterocycles. The normalized spacial score (nSPS) is 19.2. The van der Waals surface area contributed by atoms with E-state index in [0.717, 1.165) is 24.3 Å². The maximum atomic E-state index is 14.5. The molecule has 1 saturated carbocycles. The molecular weight excluding hydrogens is 392 g/mol. The van der Waals surface area contributed by atoms with Crippen molar-refractivity contribution in [1.29, 1.82) is 5.26 Å². The summed E-state index contributed by atoms with van der Waals surface area (Å²) in [5, 5.41) is 8.82. The van der Waals surface area contributed by atoms with Crippen LogP contribution >= 0.6 is 0 Å². The van der Waals surface area contributed by atoms with Crippen LogP contribution < -0.4 is 0 Å². The van der Waals surface area contributed by atoms with Crippen LogP contribution in [0.25, 0.3) is 0 Å². The molecule has 1 aliphatic carbocycles. The Morgan fingerprint density at radius 2 is 1.65 bits per heavy atom. The SMILES string of the molecule is CCCCCC1CCC(c2ccc(C(F)(F)OCCc3ccc(C#N)cc3)cc2)CC1. The number of unbranched alkanes of at least 4 members (excludes halogenated alkanes) is 2. The second-order valence-corrected chi connectivity index (χ2v) is 8.76. The summed E-state index contributed by atoms with van der Waals surface area (Å²) >= 11 is 0. The fourth-order valence-corrected chi connectivity index (χ4v) is 4.54. The Morgan fingerprint density at radius 1 is 0.968 bits per heavy atom. The van der Waals surface area contributed by atoms with Crippen molar-refractivity contribution < 1.29 is 13.5 Å². The summed E-state index contributed by atoms with van der Waals surface area (Å²) in [5.41, 5.74) is 2.50. The van der Waals surface area contributed by atoms with Crippen molar-refractivity contribution >= 4 is 0 Å². The van der Waals surface area contributed by atoms with E-state index in [1.54, 1.807) is 24.3 Å². The van der Waals surface area contributed by atoms with Gasteiger partial charge in [0.05, 0.1) is 23.8 Å². The van der Waals surface area contributed by atoms with Crippen LogP contribution in [0.5, 0.6) is 0 Å². The van der Waals surface area contributed by atoms with Gasteiger partial charge < -0.3 is 4.74 Å². The van der Waals surface area contributed by atoms with Gasteiger partial charge in [0.25, 0.3) is 0 Å². The smallest absolute Gasteiger partial charge is 0.316 e. The van der Waals surface area contributed by atoms with Gasteiger partial charge in [-0.3, -0.25) is 0 Å². The molecule has 0 spiro atoms. The number of alkyl halides is 2. The van der Waals surface area contributed by atoms with Gasteiger partial charge in [-0.25, -0.2) is 0 Å². The van der Waals surface area contributed by atoms with E-state index in [2.05, 4.69) is 6.92 Å². The maximum Gasteiger partial charge on any atom is 0.383 e. The zero-order chi connectivity index (χ0) is 22.1.